The van der Waals surface area contributed by atoms with Crippen molar-refractivity contribution in [3.05, 3.63) is 83.7 Å². The van der Waals surface area contributed by atoms with E-state index in [-0.39, 0.29) is 0 Å². The van der Waals surface area contributed by atoms with E-state index in [0.29, 0.717) is 6.61 Å². The van der Waals surface area contributed by atoms with Gasteiger partial charge in [0.05, 0.1) is 13.2 Å². The number of hydrogen-bond donors (Lipinski definition) is 0. The fourth-order valence-corrected chi connectivity index (χ4v) is 5.13. The molecule has 0 fully saturated rings. The van der Waals surface area contributed by atoms with Gasteiger partial charge in [0.1, 0.15) is 8.07 Å². The average Bonchev–Trinajstić information content (AvgIpc) is 2.56. The minimum Gasteiger partial charge on any atom is -0.376 e. The van der Waals surface area contributed by atoms with Crippen LogP contribution in [-0.2, 0) is 11.3 Å². The maximum atomic E-state index is 5.82. The van der Waals surface area contributed by atoms with Crippen LogP contribution in [0.4, 0.5) is 0 Å². The van der Waals surface area contributed by atoms with Gasteiger partial charge in [-0.1, -0.05) is 85.5 Å². The van der Waals surface area contributed by atoms with Crippen molar-refractivity contribution >= 4 is 13.3 Å². The van der Waals surface area contributed by atoms with E-state index in [1.54, 1.807) is 0 Å². The second-order valence-electron chi connectivity index (χ2n) is 5.93. The predicted molar refractivity (Wildman–Crippen MR) is 96.9 cm³/mol. The molecule has 0 aromatic heterocycles. The molecule has 0 aliphatic rings. The summed E-state index contributed by atoms with van der Waals surface area (Å²) < 4.78 is 5.82. The zero-order chi connectivity index (χ0) is 15.8. The van der Waals surface area contributed by atoms with Crippen molar-refractivity contribution in [3.8, 4) is 0 Å². The average molecular weight is 308 g/mol. The molecule has 0 unspecified atom stereocenters. The summed E-state index contributed by atoms with van der Waals surface area (Å²) in [5.41, 5.74) is 4.40. The Morgan fingerprint density at radius 2 is 1.59 bits per heavy atom. The van der Waals surface area contributed by atoms with Gasteiger partial charge in [0.2, 0.25) is 0 Å². The van der Waals surface area contributed by atoms with Gasteiger partial charge in [-0.15, -0.1) is 5.73 Å². The molecule has 0 aliphatic carbocycles. The first-order chi connectivity index (χ1) is 10.6. The van der Waals surface area contributed by atoms with Gasteiger partial charge in [0, 0.05) is 0 Å². The molecule has 2 aromatic rings. The molecule has 2 rings (SSSR count). The Morgan fingerprint density at radius 3 is 2.18 bits per heavy atom. The molecule has 0 spiro atoms. The monoisotopic (exact) mass is 308 g/mol. The van der Waals surface area contributed by atoms with E-state index in [9.17, 15) is 0 Å². The van der Waals surface area contributed by atoms with Crippen LogP contribution in [0, 0.1) is 0 Å². The molecular weight excluding hydrogens is 284 g/mol. The topological polar surface area (TPSA) is 9.23 Å². The zero-order valence-electron chi connectivity index (χ0n) is 13.5. The van der Waals surface area contributed by atoms with E-state index in [2.05, 4.69) is 67.9 Å². The minimum atomic E-state index is -1.68. The van der Waals surface area contributed by atoms with E-state index in [0.717, 1.165) is 13.0 Å². The molecule has 2 aromatic carbocycles. The molecule has 114 valence electrons. The second-order valence-corrected chi connectivity index (χ2v) is 10.4. The summed E-state index contributed by atoms with van der Waals surface area (Å²) >= 11 is 0. The zero-order valence-corrected chi connectivity index (χ0v) is 14.5. The molecule has 0 amide bonds. The lowest BCUT2D eigenvalue weighted by Gasteiger charge is -2.25. The number of benzene rings is 2. The summed E-state index contributed by atoms with van der Waals surface area (Å²) in [6.07, 6.45) is 0.907. The molecule has 0 atom stereocenters. The van der Waals surface area contributed by atoms with Crippen LogP contribution in [0.5, 0.6) is 0 Å². The van der Waals surface area contributed by atoms with Gasteiger partial charge in [-0.25, -0.2) is 0 Å². The van der Waals surface area contributed by atoms with Crippen LogP contribution < -0.4 is 5.19 Å². The Kier molecular flexibility index (Phi) is 5.97. The fourth-order valence-electron chi connectivity index (χ4n) is 2.59. The molecule has 0 heterocycles. The van der Waals surface area contributed by atoms with Crippen molar-refractivity contribution < 1.29 is 4.74 Å². The van der Waals surface area contributed by atoms with Gasteiger partial charge in [0.25, 0.3) is 0 Å². The quantitative estimate of drug-likeness (QED) is 0.417. The van der Waals surface area contributed by atoms with Crippen LogP contribution >= 0.6 is 0 Å². The van der Waals surface area contributed by atoms with Crippen molar-refractivity contribution in [2.45, 2.75) is 26.1 Å². The van der Waals surface area contributed by atoms with Crippen LogP contribution in [0.25, 0.3) is 0 Å². The smallest absolute Gasteiger partial charge is 0.116 e. The third kappa shape index (κ3) is 4.31. The number of rotatable bonds is 7. The normalized spacial score (nSPS) is 11.0. The number of hydrogen-bond acceptors (Lipinski definition) is 1. The molecule has 1 nitrogen and oxygen atoms in total. The Bertz CT molecular complexity index is 625. The Morgan fingerprint density at radius 1 is 1.00 bits per heavy atom. The van der Waals surface area contributed by atoms with Crippen LogP contribution in [0.1, 0.15) is 12.0 Å². The summed E-state index contributed by atoms with van der Waals surface area (Å²) in [7, 11) is -1.68. The van der Waals surface area contributed by atoms with Crippen LogP contribution in [0.2, 0.25) is 13.1 Å². The fraction of sp³-hybridized carbons (Fsp3) is 0.250. The van der Waals surface area contributed by atoms with Gasteiger partial charge in [0.15, 0.2) is 0 Å². The van der Waals surface area contributed by atoms with Crippen molar-refractivity contribution in [3.63, 3.8) is 0 Å². The van der Waals surface area contributed by atoms with E-state index < -0.39 is 8.07 Å². The van der Waals surface area contributed by atoms with Gasteiger partial charge >= 0.3 is 0 Å². The van der Waals surface area contributed by atoms with Gasteiger partial charge in [-0.05, 0) is 17.2 Å². The van der Waals surface area contributed by atoms with Crippen LogP contribution in [-0.4, -0.2) is 14.7 Å². The largest absolute Gasteiger partial charge is 0.376 e. The highest BCUT2D eigenvalue weighted by Gasteiger charge is 2.27. The first-order valence-corrected chi connectivity index (χ1v) is 10.7. The SMILES string of the molecule is C=C=C(CCOCc1ccccc1)[Si](C)(C)c1ccccc1. The van der Waals surface area contributed by atoms with Crippen molar-refractivity contribution in [2.24, 2.45) is 0 Å². The minimum absolute atomic E-state index is 0.665. The summed E-state index contributed by atoms with van der Waals surface area (Å²) in [4.78, 5) is 0. The van der Waals surface area contributed by atoms with E-state index in [4.69, 9.17) is 4.74 Å². The lowest BCUT2D eigenvalue weighted by molar-refractivity contribution is 0.124. The Balaban J connectivity index is 1.91. The summed E-state index contributed by atoms with van der Waals surface area (Å²) in [5.74, 6) is 0. The standard InChI is InChI=1S/C20H24OSi/c1-4-19(22(2,3)20-13-9-6-10-14-20)15-16-21-17-18-11-7-5-8-12-18/h5-14H,1,15-17H2,2-3H3. The molecule has 0 aliphatic heterocycles. The van der Waals surface area contributed by atoms with Crippen molar-refractivity contribution in [2.75, 3.05) is 6.61 Å². The third-order valence-electron chi connectivity index (χ3n) is 4.07. The lowest BCUT2D eigenvalue weighted by atomic mass is 10.2. The highest BCUT2D eigenvalue weighted by Crippen LogP contribution is 2.18. The van der Waals surface area contributed by atoms with Crippen LogP contribution in [0.3, 0.4) is 0 Å². The molecule has 0 saturated carbocycles. The van der Waals surface area contributed by atoms with Gasteiger partial charge in [-0.3, -0.25) is 0 Å². The molecule has 2 heteroatoms. The summed E-state index contributed by atoms with van der Waals surface area (Å²) in [6, 6.07) is 21.0. The van der Waals surface area contributed by atoms with E-state index in [1.807, 2.05) is 18.2 Å². The Labute approximate surface area is 135 Å². The Hall–Kier alpha value is -1.86. The highest BCUT2D eigenvalue weighted by atomic mass is 28.3. The molecule has 0 N–H and O–H groups in total. The predicted octanol–water partition coefficient (Wildman–Crippen LogP) is 4.46. The van der Waals surface area contributed by atoms with Crippen molar-refractivity contribution in [1.29, 1.82) is 0 Å². The second kappa shape index (κ2) is 7.95. The molecular formula is C20H24OSi. The van der Waals surface area contributed by atoms with Gasteiger partial charge < -0.3 is 4.74 Å². The van der Waals surface area contributed by atoms with Crippen molar-refractivity contribution in [1.82, 2.24) is 0 Å². The van der Waals surface area contributed by atoms with E-state index in [1.165, 1.54) is 15.9 Å². The maximum Gasteiger partial charge on any atom is 0.116 e. The third-order valence-corrected chi connectivity index (χ3v) is 7.78. The number of ether oxygens (including phenoxy) is 1. The maximum absolute atomic E-state index is 5.82. The summed E-state index contributed by atoms with van der Waals surface area (Å²) in [6.45, 7) is 10.00. The molecule has 0 radical (unpaired) electrons. The summed E-state index contributed by atoms with van der Waals surface area (Å²) in [5, 5.41) is 2.75. The van der Waals surface area contributed by atoms with Crippen LogP contribution in [0.15, 0.2) is 78.2 Å². The van der Waals surface area contributed by atoms with E-state index >= 15 is 0 Å². The molecule has 0 saturated heterocycles. The molecule has 22 heavy (non-hydrogen) atoms. The highest BCUT2D eigenvalue weighted by molar-refractivity contribution is 6.95. The van der Waals surface area contributed by atoms with Gasteiger partial charge in [-0.2, -0.15) is 0 Å². The first kappa shape index (κ1) is 16.5. The lowest BCUT2D eigenvalue weighted by Crippen LogP contribution is -2.43. The first-order valence-electron chi connectivity index (χ1n) is 7.71. The molecule has 0 bridgehead atoms.